The molecule has 0 aromatic heterocycles. The Morgan fingerprint density at radius 1 is 0.839 bits per heavy atom. The van der Waals surface area contributed by atoms with E-state index in [1.165, 1.54) is 0 Å². The van der Waals surface area contributed by atoms with E-state index < -0.39 is 23.5 Å². The third kappa shape index (κ3) is 5.19. The second-order valence-electron chi connectivity index (χ2n) is 7.23. The van der Waals surface area contributed by atoms with Gasteiger partial charge in [-0.15, -0.1) is 0 Å². The third-order valence-corrected chi connectivity index (χ3v) is 5.25. The number of hydrogen-bond donors (Lipinski definition) is 2. The van der Waals surface area contributed by atoms with Crippen molar-refractivity contribution in [3.63, 3.8) is 0 Å². The van der Waals surface area contributed by atoms with Gasteiger partial charge in [0.05, 0.1) is 12.1 Å². The maximum absolute atomic E-state index is 12.2. The Bertz CT molecular complexity index is 877. The number of hydrogen-bond acceptors (Lipinski definition) is 4. The molecule has 0 aliphatic heterocycles. The molecule has 3 rings (SSSR count). The van der Waals surface area contributed by atoms with Crippen molar-refractivity contribution in [3.05, 3.63) is 108 Å². The Kier molecular flexibility index (Phi) is 7.57. The minimum Gasteiger partial charge on any atom is -0.480 e. The SMILES string of the molecule is CCOC(=O)CC[C@H](NC(c1ccccc1)(c1ccccc1)c1ccccc1)C(=O)O. The van der Waals surface area contributed by atoms with Crippen molar-refractivity contribution in [2.75, 3.05) is 6.61 Å². The van der Waals surface area contributed by atoms with Crippen LogP contribution in [-0.2, 0) is 19.9 Å². The maximum atomic E-state index is 12.2. The fraction of sp³-hybridized carbons (Fsp3) is 0.231. The Morgan fingerprint density at radius 2 is 1.26 bits per heavy atom. The van der Waals surface area contributed by atoms with E-state index in [-0.39, 0.29) is 19.4 Å². The van der Waals surface area contributed by atoms with Crippen LogP contribution >= 0.6 is 0 Å². The van der Waals surface area contributed by atoms with Crippen molar-refractivity contribution in [1.82, 2.24) is 5.32 Å². The van der Waals surface area contributed by atoms with Crippen LogP contribution in [-0.4, -0.2) is 29.7 Å². The third-order valence-electron chi connectivity index (χ3n) is 5.25. The highest BCUT2D eigenvalue weighted by molar-refractivity contribution is 5.76. The van der Waals surface area contributed by atoms with E-state index in [9.17, 15) is 14.7 Å². The first-order valence-electron chi connectivity index (χ1n) is 10.4. The van der Waals surface area contributed by atoms with Gasteiger partial charge in [-0.1, -0.05) is 91.0 Å². The summed E-state index contributed by atoms with van der Waals surface area (Å²) in [5.74, 6) is -1.42. The number of aliphatic carboxylic acids is 1. The van der Waals surface area contributed by atoms with Crippen molar-refractivity contribution in [2.45, 2.75) is 31.3 Å². The minimum atomic E-state index is -1.02. The summed E-state index contributed by atoms with van der Waals surface area (Å²) >= 11 is 0. The second kappa shape index (κ2) is 10.5. The summed E-state index contributed by atoms with van der Waals surface area (Å²) < 4.78 is 5.00. The average molecular weight is 418 g/mol. The van der Waals surface area contributed by atoms with Crippen LogP contribution in [0.25, 0.3) is 0 Å². The van der Waals surface area contributed by atoms with Crippen LogP contribution < -0.4 is 5.32 Å². The number of nitrogens with one attached hydrogen (secondary N) is 1. The molecule has 1 atom stereocenters. The Labute approximate surface area is 182 Å². The normalized spacial score (nSPS) is 12.2. The first kappa shape index (κ1) is 22.2. The number of ether oxygens (including phenoxy) is 1. The summed E-state index contributed by atoms with van der Waals surface area (Å²) in [7, 11) is 0. The molecule has 0 amide bonds. The Morgan fingerprint density at radius 3 is 1.61 bits per heavy atom. The molecular formula is C26H27NO4. The standard InChI is InChI=1S/C26H27NO4/c1-2-31-24(28)19-18-23(25(29)30)27-26(20-12-6-3-7-13-20,21-14-8-4-9-15-21)22-16-10-5-11-17-22/h3-17,23,27H,2,18-19H2,1H3,(H,29,30)/t23-/m0/s1. The number of carboxylic acids is 1. The lowest BCUT2D eigenvalue weighted by atomic mass is 9.76. The number of esters is 1. The summed E-state index contributed by atoms with van der Waals surface area (Å²) in [4.78, 5) is 24.1. The predicted octanol–water partition coefficient (Wildman–Crippen LogP) is 4.36. The molecule has 0 heterocycles. The molecule has 5 nitrogen and oxygen atoms in total. The molecule has 0 saturated heterocycles. The monoisotopic (exact) mass is 417 g/mol. The number of benzene rings is 3. The van der Waals surface area contributed by atoms with Gasteiger partial charge in [-0.3, -0.25) is 14.9 Å². The maximum Gasteiger partial charge on any atom is 0.320 e. The van der Waals surface area contributed by atoms with Crippen LogP contribution in [0.15, 0.2) is 91.0 Å². The largest absolute Gasteiger partial charge is 0.480 e. The zero-order chi connectivity index (χ0) is 22.1. The number of carbonyl (C=O) groups excluding carboxylic acids is 1. The van der Waals surface area contributed by atoms with Crippen molar-refractivity contribution < 1.29 is 19.4 Å². The number of carbonyl (C=O) groups is 2. The van der Waals surface area contributed by atoms with E-state index in [4.69, 9.17) is 4.74 Å². The van der Waals surface area contributed by atoms with Gasteiger partial charge in [-0.25, -0.2) is 0 Å². The molecule has 31 heavy (non-hydrogen) atoms. The molecule has 3 aromatic rings. The molecule has 2 N–H and O–H groups in total. The van der Waals surface area contributed by atoms with Gasteiger partial charge in [0.2, 0.25) is 0 Å². The quantitative estimate of drug-likeness (QED) is 0.379. The zero-order valence-electron chi connectivity index (χ0n) is 17.5. The van der Waals surface area contributed by atoms with Crippen LogP contribution in [0.2, 0.25) is 0 Å². The molecule has 0 aliphatic rings. The van der Waals surface area contributed by atoms with Gasteiger partial charge in [0.25, 0.3) is 0 Å². The van der Waals surface area contributed by atoms with E-state index in [1.54, 1.807) is 6.92 Å². The van der Waals surface area contributed by atoms with E-state index in [2.05, 4.69) is 5.32 Å². The predicted molar refractivity (Wildman–Crippen MR) is 120 cm³/mol. The first-order valence-corrected chi connectivity index (χ1v) is 10.4. The van der Waals surface area contributed by atoms with Crippen LogP contribution in [0.4, 0.5) is 0 Å². The topological polar surface area (TPSA) is 75.6 Å². The molecule has 0 unspecified atom stereocenters. The van der Waals surface area contributed by atoms with E-state index >= 15 is 0 Å². The fourth-order valence-corrected chi connectivity index (χ4v) is 3.83. The Hall–Kier alpha value is -3.44. The molecular weight excluding hydrogens is 390 g/mol. The smallest absolute Gasteiger partial charge is 0.320 e. The molecule has 5 heteroatoms. The molecule has 3 aromatic carbocycles. The lowest BCUT2D eigenvalue weighted by molar-refractivity contribution is -0.144. The first-order chi connectivity index (χ1) is 15.1. The van der Waals surface area contributed by atoms with Gasteiger partial charge in [-0.05, 0) is 30.0 Å². The van der Waals surface area contributed by atoms with Crippen molar-refractivity contribution in [1.29, 1.82) is 0 Å². The lowest BCUT2D eigenvalue weighted by Gasteiger charge is -2.39. The van der Waals surface area contributed by atoms with Crippen LogP contribution in [0.5, 0.6) is 0 Å². The lowest BCUT2D eigenvalue weighted by Crippen LogP contribution is -2.52. The van der Waals surface area contributed by atoms with Crippen molar-refractivity contribution >= 4 is 11.9 Å². The average Bonchev–Trinajstić information content (AvgIpc) is 2.81. The van der Waals surface area contributed by atoms with Gasteiger partial charge in [-0.2, -0.15) is 0 Å². The zero-order valence-corrected chi connectivity index (χ0v) is 17.5. The summed E-state index contributed by atoms with van der Waals surface area (Å²) in [6, 6.07) is 28.3. The van der Waals surface area contributed by atoms with Crippen LogP contribution in [0, 0.1) is 0 Å². The highest BCUT2D eigenvalue weighted by atomic mass is 16.5. The highest BCUT2D eigenvalue weighted by Gasteiger charge is 2.39. The summed E-state index contributed by atoms with van der Waals surface area (Å²) in [5, 5.41) is 13.4. The minimum absolute atomic E-state index is 0.0201. The molecule has 0 saturated carbocycles. The van der Waals surface area contributed by atoms with Gasteiger partial charge >= 0.3 is 11.9 Å². The van der Waals surface area contributed by atoms with Gasteiger partial charge in [0, 0.05) is 6.42 Å². The van der Waals surface area contributed by atoms with Gasteiger partial charge < -0.3 is 9.84 Å². The van der Waals surface area contributed by atoms with Gasteiger partial charge in [0.15, 0.2) is 0 Å². The van der Waals surface area contributed by atoms with E-state index in [1.807, 2.05) is 91.0 Å². The fourth-order valence-electron chi connectivity index (χ4n) is 3.83. The summed E-state index contributed by atoms with van der Waals surface area (Å²) in [6.45, 7) is 2.00. The van der Waals surface area contributed by atoms with Crippen molar-refractivity contribution in [3.8, 4) is 0 Å². The molecule has 0 fully saturated rings. The van der Waals surface area contributed by atoms with Crippen molar-refractivity contribution in [2.24, 2.45) is 0 Å². The van der Waals surface area contributed by atoms with E-state index in [0.29, 0.717) is 0 Å². The summed E-state index contributed by atoms with van der Waals surface area (Å²) in [6.07, 6.45) is 0.134. The molecule has 160 valence electrons. The van der Waals surface area contributed by atoms with Gasteiger partial charge in [0.1, 0.15) is 6.04 Å². The second-order valence-corrected chi connectivity index (χ2v) is 7.23. The van der Waals surface area contributed by atoms with Crippen LogP contribution in [0.1, 0.15) is 36.5 Å². The number of carboxylic acid groups (broad SMARTS) is 1. The molecule has 0 aliphatic carbocycles. The Balaban J connectivity index is 2.12. The molecule has 0 spiro atoms. The molecule has 0 bridgehead atoms. The highest BCUT2D eigenvalue weighted by Crippen LogP contribution is 2.37. The number of rotatable bonds is 10. The molecule has 0 radical (unpaired) electrons. The van der Waals surface area contributed by atoms with Crippen LogP contribution in [0.3, 0.4) is 0 Å². The van der Waals surface area contributed by atoms with E-state index in [0.717, 1.165) is 16.7 Å². The summed E-state index contributed by atoms with van der Waals surface area (Å²) in [5.41, 5.74) is 1.82.